The van der Waals surface area contributed by atoms with Crippen molar-refractivity contribution in [1.29, 1.82) is 0 Å². The summed E-state index contributed by atoms with van der Waals surface area (Å²) in [7, 11) is 0. The molecule has 0 N–H and O–H groups in total. The maximum atomic E-state index is 2.30. The van der Waals surface area contributed by atoms with Crippen LogP contribution < -0.4 is 0 Å². The van der Waals surface area contributed by atoms with Gasteiger partial charge in [-0.05, 0) is 30.4 Å². The molecule has 0 radical (unpaired) electrons. The summed E-state index contributed by atoms with van der Waals surface area (Å²) in [6, 6.07) is 10.5. The number of hydrogen-bond donors (Lipinski definition) is 0. The highest BCUT2D eigenvalue weighted by Crippen LogP contribution is 2.18. The zero-order valence-electron chi connectivity index (χ0n) is 10.2. The van der Waals surface area contributed by atoms with Crippen molar-refractivity contribution in [2.45, 2.75) is 50.3 Å². The number of unbranched alkanes of at least 4 members (excludes halogenated alkanes) is 5. The third-order valence-corrected chi connectivity index (χ3v) is 3.39. The van der Waals surface area contributed by atoms with Crippen LogP contribution in [0.2, 0.25) is 0 Å². The normalized spacial score (nSPS) is 11.1. The largest absolute Gasteiger partial charge is 0.0984 e. The molecule has 0 amide bonds. The van der Waals surface area contributed by atoms with Crippen LogP contribution in [0.3, 0.4) is 0 Å². The van der Waals surface area contributed by atoms with E-state index < -0.39 is 0 Å². The molecular weight excluding hydrogens is 212 g/mol. The lowest BCUT2D eigenvalue weighted by Crippen LogP contribution is -1.75. The minimum atomic E-state index is 1.23. The maximum Gasteiger partial charge on any atom is 0.0116 e. The van der Waals surface area contributed by atoms with Crippen molar-refractivity contribution in [2.24, 2.45) is 0 Å². The van der Waals surface area contributed by atoms with E-state index in [9.17, 15) is 0 Å². The predicted octanol–water partition coefficient (Wildman–Crippen LogP) is 5.65. The van der Waals surface area contributed by atoms with E-state index in [0.717, 1.165) is 0 Å². The van der Waals surface area contributed by atoms with Crippen molar-refractivity contribution in [3.63, 3.8) is 0 Å². The van der Waals surface area contributed by atoms with Gasteiger partial charge in [-0.25, -0.2) is 0 Å². The number of benzene rings is 1. The Labute approximate surface area is 104 Å². The Hall–Kier alpha value is -0.690. The molecule has 0 aliphatic carbocycles. The van der Waals surface area contributed by atoms with Gasteiger partial charge in [0, 0.05) is 4.90 Å². The van der Waals surface area contributed by atoms with Gasteiger partial charge in [-0.1, -0.05) is 68.6 Å². The smallest absolute Gasteiger partial charge is 0.0116 e. The average molecular weight is 234 g/mol. The van der Waals surface area contributed by atoms with Crippen molar-refractivity contribution < 1.29 is 0 Å². The lowest BCUT2D eigenvalue weighted by Gasteiger charge is -1.96. The topological polar surface area (TPSA) is 0 Å². The summed E-state index contributed by atoms with van der Waals surface area (Å²) >= 11 is 1.81. The van der Waals surface area contributed by atoms with Crippen LogP contribution in [0.5, 0.6) is 0 Å². The van der Waals surface area contributed by atoms with Gasteiger partial charge in [0.15, 0.2) is 0 Å². The van der Waals surface area contributed by atoms with E-state index in [1.165, 1.54) is 43.4 Å². The molecule has 0 saturated carbocycles. The van der Waals surface area contributed by atoms with Crippen molar-refractivity contribution in [1.82, 2.24) is 0 Å². The summed E-state index contributed by atoms with van der Waals surface area (Å²) in [5.41, 5.74) is 0. The first kappa shape index (κ1) is 13.4. The fourth-order valence-corrected chi connectivity index (χ4v) is 2.26. The molecular formula is C15H22S. The number of thioether (sulfide) groups is 1. The van der Waals surface area contributed by atoms with Crippen LogP contribution in [0, 0.1) is 0 Å². The molecule has 0 aliphatic heterocycles. The first-order valence-electron chi connectivity index (χ1n) is 6.30. The van der Waals surface area contributed by atoms with Crippen molar-refractivity contribution in [2.75, 3.05) is 0 Å². The van der Waals surface area contributed by atoms with Gasteiger partial charge in [0.2, 0.25) is 0 Å². The predicted molar refractivity (Wildman–Crippen MR) is 74.8 cm³/mol. The van der Waals surface area contributed by atoms with Crippen molar-refractivity contribution >= 4 is 11.8 Å². The van der Waals surface area contributed by atoms with Gasteiger partial charge in [-0.3, -0.25) is 0 Å². The van der Waals surface area contributed by atoms with Crippen LogP contribution in [0.1, 0.15) is 45.4 Å². The van der Waals surface area contributed by atoms with Crippen molar-refractivity contribution in [3.8, 4) is 0 Å². The van der Waals surface area contributed by atoms with E-state index in [0.29, 0.717) is 0 Å². The Bertz CT molecular complexity index is 277. The molecule has 0 bridgehead atoms. The summed E-state index contributed by atoms with van der Waals surface area (Å²) in [4.78, 5) is 1.32. The van der Waals surface area contributed by atoms with E-state index in [2.05, 4.69) is 48.7 Å². The van der Waals surface area contributed by atoms with E-state index in [1.54, 1.807) is 0 Å². The van der Waals surface area contributed by atoms with Gasteiger partial charge in [-0.15, -0.1) is 0 Å². The zero-order chi connectivity index (χ0) is 11.5. The summed E-state index contributed by atoms with van der Waals surface area (Å²) in [6.07, 6.45) is 10.4. The summed E-state index contributed by atoms with van der Waals surface area (Å²) < 4.78 is 0. The third kappa shape index (κ3) is 6.73. The molecule has 0 aliphatic rings. The second-order valence-electron chi connectivity index (χ2n) is 4.01. The molecule has 1 rings (SSSR count). The Morgan fingerprint density at radius 2 is 1.75 bits per heavy atom. The summed E-state index contributed by atoms with van der Waals surface area (Å²) in [5.74, 6) is 0. The lowest BCUT2D eigenvalue weighted by molar-refractivity contribution is 0.637. The van der Waals surface area contributed by atoms with Crippen LogP contribution in [0.25, 0.3) is 0 Å². The first-order chi connectivity index (χ1) is 7.93. The Kier molecular flexibility index (Phi) is 7.97. The number of rotatable bonds is 8. The molecule has 88 valence electrons. The van der Waals surface area contributed by atoms with E-state index in [1.807, 2.05) is 11.8 Å². The second-order valence-corrected chi connectivity index (χ2v) is 4.98. The van der Waals surface area contributed by atoms with Crippen LogP contribution in [-0.4, -0.2) is 0 Å². The highest BCUT2D eigenvalue weighted by atomic mass is 32.2. The fraction of sp³-hybridized carbons (Fsp3) is 0.467. The van der Waals surface area contributed by atoms with Crippen LogP contribution in [0.4, 0.5) is 0 Å². The highest BCUT2D eigenvalue weighted by molar-refractivity contribution is 8.02. The van der Waals surface area contributed by atoms with Gasteiger partial charge in [-0.2, -0.15) is 0 Å². The quantitative estimate of drug-likeness (QED) is 0.413. The summed E-state index contributed by atoms with van der Waals surface area (Å²) in [5, 5.41) is 2.22. The average Bonchev–Trinajstić information content (AvgIpc) is 2.34. The fourth-order valence-electron chi connectivity index (χ4n) is 1.56. The molecule has 0 spiro atoms. The first-order valence-corrected chi connectivity index (χ1v) is 7.18. The maximum absolute atomic E-state index is 2.30. The lowest BCUT2D eigenvalue weighted by atomic mass is 10.1. The molecule has 1 heteroatoms. The van der Waals surface area contributed by atoms with Gasteiger partial charge >= 0.3 is 0 Å². The van der Waals surface area contributed by atoms with E-state index in [-0.39, 0.29) is 0 Å². The number of allylic oxidation sites excluding steroid dienone is 1. The highest BCUT2D eigenvalue weighted by Gasteiger charge is 1.88. The molecule has 16 heavy (non-hydrogen) atoms. The van der Waals surface area contributed by atoms with Crippen molar-refractivity contribution in [3.05, 3.63) is 41.8 Å². The molecule has 0 nitrogen and oxygen atoms in total. The van der Waals surface area contributed by atoms with Crippen LogP contribution in [-0.2, 0) is 0 Å². The van der Waals surface area contributed by atoms with Gasteiger partial charge < -0.3 is 0 Å². The molecule has 0 atom stereocenters. The molecule has 1 aromatic rings. The van der Waals surface area contributed by atoms with Gasteiger partial charge in [0.1, 0.15) is 0 Å². The summed E-state index contributed by atoms with van der Waals surface area (Å²) in [6.45, 7) is 2.26. The van der Waals surface area contributed by atoms with Gasteiger partial charge in [0.05, 0.1) is 0 Å². The minimum Gasteiger partial charge on any atom is -0.0984 e. The molecule has 0 unspecified atom stereocenters. The third-order valence-electron chi connectivity index (χ3n) is 2.52. The molecule has 0 fully saturated rings. The number of hydrogen-bond acceptors (Lipinski definition) is 1. The zero-order valence-corrected chi connectivity index (χ0v) is 11.0. The second kappa shape index (κ2) is 9.53. The molecule has 0 saturated heterocycles. The standard InChI is InChI=1S/C15H22S/c1-2-3-4-5-6-7-11-14-16-15-12-9-8-10-13-15/h8-14H,2-7H2,1H3/b14-11-. The minimum absolute atomic E-state index is 1.23. The Balaban J connectivity index is 2.01. The SMILES string of the molecule is CCCCCCC/C=C\Sc1ccccc1. The van der Waals surface area contributed by atoms with Crippen LogP contribution >= 0.6 is 11.8 Å². The van der Waals surface area contributed by atoms with Gasteiger partial charge in [0.25, 0.3) is 0 Å². The Morgan fingerprint density at radius 3 is 2.50 bits per heavy atom. The van der Waals surface area contributed by atoms with Crippen LogP contribution in [0.15, 0.2) is 46.7 Å². The monoisotopic (exact) mass is 234 g/mol. The molecule has 0 heterocycles. The van der Waals surface area contributed by atoms with E-state index in [4.69, 9.17) is 0 Å². The molecule has 1 aromatic carbocycles. The Morgan fingerprint density at radius 1 is 1.00 bits per heavy atom. The van der Waals surface area contributed by atoms with E-state index >= 15 is 0 Å². The molecule has 0 aromatic heterocycles.